The van der Waals surface area contributed by atoms with Gasteiger partial charge in [0.15, 0.2) is 0 Å². The van der Waals surface area contributed by atoms with Gasteiger partial charge in [0.2, 0.25) is 5.91 Å². The van der Waals surface area contributed by atoms with Gasteiger partial charge in [0.25, 0.3) is 5.91 Å². The molecule has 2 aliphatic rings. The van der Waals surface area contributed by atoms with Crippen LogP contribution in [-0.2, 0) is 9.22 Å². The molecule has 0 aromatic heterocycles. The highest BCUT2D eigenvalue weighted by molar-refractivity contribution is 14.1. The van der Waals surface area contributed by atoms with Crippen LogP contribution in [0.5, 0.6) is 0 Å². The number of hydrogen-bond acceptors (Lipinski definition) is 4. The van der Waals surface area contributed by atoms with E-state index in [1.807, 2.05) is 18.2 Å². The number of amides is 2. The zero-order chi connectivity index (χ0) is 30.3. The monoisotopic (exact) mass is 694 g/mol. The molecule has 2 N–H and O–H groups in total. The third-order valence-corrected chi connectivity index (χ3v) is 10.4. The van der Waals surface area contributed by atoms with Gasteiger partial charge in [-0.15, -0.1) is 0 Å². The van der Waals surface area contributed by atoms with E-state index in [0.717, 1.165) is 60.5 Å². The summed E-state index contributed by atoms with van der Waals surface area (Å²) in [5.74, 6) is 0.773. The van der Waals surface area contributed by atoms with E-state index < -0.39 is 0 Å². The molecule has 0 radical (unpaired) electrons. The van der Waals surface area contributed by atoms with Crippen LogP contribution >= 0.6 is 22.6 Å². The summed E-state index contributed by atoms with van der Waals surface area (Å²) in [5.41, 5.74) is 3.25. The largest absolute Gasteiger partial charge is 0.350 e. The Balaban J connectivity index is 1.29. The van der Waals surface area contributed by atoms with Crippen LogP contribution in [0.25, 0.3) is 10.8 Å². The number of carbonyl (C=O) groups excluding carboxylic acids is 2. The summed E-state index contributed by atoms with van der Waals surface area (Å²) < 4.78 is 0.966. The lowest BCUT2D eigenvalue weighted by atomic mass is 9.87. The summed E-state index contributed by atoms with van der Waals surface area (Å²) >= 11 is 2.37. The molecule has 3 aromatic carbocycles. The number of nitrogens with zero attached hydrogens (tertiary/aromatic N) is 2. The second-order valence-electron chi connectivity index (χ2n) is 12.6. The van der Waals surface area contributed by atoms with E-state index in [1.165, 1.54) is 11.1 Å². The number of halogens is 1. The van der Waals surface area contributed by atoms with Crippen LogP contribution < -0.4 is 10.6 Å². The molecule has 2 amide bonds. The topological polar surface area (TPSA) is 64.7 Å². The predicted molar refractivity (Wildman–Crippen MR) is 185 cm³/mol. The van der Waals surface area contributed by atoms with Gasteiger partial charge in [0.05, 0.1) is 6.04 Å². The average molecular weight is 695 g/mol. The molecule has 7 heteroatoms. The summed E-state index contributed by atoms with van der Waals surface area (Å²) in [7, 11) is 0. The van der Waals surface area contributed by atoms with E-state index in [4.69, 9.17) is 0 Å². The van der Waals surface area contributed by atoms with E-state index in [9.17, 15) is 9.59 Å². The maximum Gasteiger partial charge on any atom is 0.251 e. The first-order valence-electron chi connectivity index (χ1n) is 16.1. The van der Waals surface area contributed by atoms with Crippen molar-refractivity contribution in [2.24, 2.45) is 5.92 Å². The minimum absolute atomic E-state index is 0.0366. The third kappa shape index (κ3) is 7.97. The summed E-state index contributed by atoms with van der Waals surface area (Å²) in [6.45, 7) is 10.7. The van der Waals surface area contributed by atoms with Gasteiger partial charge >= 0.3 is 0 Å². The molecule has 2 saturated heterocycles. The number of likely N-dealkylation sites (tertiary alicyclic amines) is 1. The van der Waals surface area contributed by atoms with Crippen LogP contribution in [0.4, 0.5) is 0 Å². The number of benzene rings is 3. The second-order valence-corrected chi connectivity index (χ2v) is 13.4. The van der Waals surface area contributed by atoms with Crippen LogP contribution in [-0.4, -0.2) is 72.5 Å². The Bertz CT molecular complexity index is 1370. The zero-order valence-corrected chi connectivity index (χ0v) is 28.1. The molecular formula is C36H47IN4O2. The summed E-state index contributed by atoms with van der Waals surface area (Å²) in [5, 5.41) is 9.19. The van der Waals surface area contributed by atoms with Crippen molar-refractivity contribution in [2.45, 2.75) is 74.9 Å². The number of rotatable bonds is 10. The highest BCUT2D eigenvalue weighted by Gasteiger charge is 2.38. The fourth-order valence-electron chi connectivity index (χ4n) is 6.78. The number of fused-ring (bicyclic) bond motifs is 1. The molecule has 5 rings (SSSR count). The average Bonchev–Trinajstić information content (AvgIpc) is 3.20. The lowest BCUT2D eigenvalue weighted by molar-refractivity contribution is -0.134. The number of hydrogen-bond donors (Lipinski definition) is 2. The lowest BCUT2D eigenvalue weighted by Crippen LogP contribution is -2.55. The van der Waals surface area contributed by atoms with Crippen LogP contribution in [0.15, 0.2) is 66.7 Å². The minimum Gasteiger partial charge on any atom is -0.350 e. The highest BCUT2D eigenvalue weighted by atomic mass is 127. The van der Waals surface area contributed by atoms with Gasteiger partial charge in [-0.3, -0.25) is 9.59 Å². The molecule has 3 atom stereocenters. The van der Waals surface area contributed by atoms with E-state index in [-0.39, 0.29) is 23.9 Å². The van der Waals surface area contributed by atoms with Gasteiger partial charge < -0.3 is 20.4 Å². The summed E-state index contributed by atoms with van der Waals surface area (Å²) in [6.07, 6.45) is 3.83. The maximum absolute atomic E-state index is 14.2. The van der Waals surface area contributed by atoms with Gasteiger partial charge in [-0.1, -0.05) is 84.1 Å². The van der Waals surface area contributed by atoms with Crippen molar-refractivity contribution in [1.82, 2.24) is 20.4 Å². The van der Waals surface area contributed by atoms with Crippen molar-refractivity contribution in [3.8, 4) is 0 Å². The molecule has 0 spiro atoms. The molecule has 0 bridgehead atoms. The van der Waals surface area contributed by atoms with Gasteiger partial charge in [-0.05, 0) is 92.6 Å². The van der Waals surface area contributed by atoms with E-state index in [1.54, 1.807) is 0 Å². The Labute approximate surface area is 271 Å². The highest BCUT2D eigenvalue weighted by Crippen LogP contribution is 2.28. The predicted octanol–water partition coefficient (Wildman–Crippen LogP) is 6.38. The number of carbonyl (C=O) groups is 2. The van der Waals surface area contributed by atoms with Gasteiger partial charge in [0, 0.05) is 47.6 Å². The fraction of sp³-hybridized carbons (Fsp3) is 0.500. The molecule has 0 aliphatic carbocycles. The first-order valence-corrected chi connectivity index (χ1v) is 17.6. The molecule has 3 aromatic rings. The normalized spacial score (nSPS) is 21.2. The molecular weight excluding hydrogens is 647 g/mol. The Morgan fingerprint density at radius 2 is 1.70 bits per heavy atom. The number of piperidine rings is 1. The first kappa shape index (κ1) is 31.9. The van der Waals surface area contributed by atoms with Gasteiger partial charge in [-0.2, -0.15) is 0 Å². The molecule has 2 fully saturated rings. The quantitative estimate of drug-likeness (QED) is 0.191. The van der Waals surface area contributed by atoms with Crippen molar-refractivity contribution in [3.05, 3.63) is 83.4 Å². The zero-order valence-electron chi connectivity index (χ0n) is 25.9. The smallest absolute Gasteiger partial charge is 0.251 e. The van der Waals surface area contributed by atoms with E-state index >= 15 is 0 Å². The molecule has 230 valence electrons. The van der Waals surface area contributed by atoms with Crippen molar-refractivity contribution in [1.29, 1.82) is 0 Å². The standard InChI is InChI=1S/C36H47IN4O2/c1-4-27(28-8-6-5-7-9-28)24-41-19-16-33(39-34(36(41)43)29-14-17-40(18-15-29)25(2)3)23-38-35(42)32-13-12-30-20-26(22-37)10-11-31(30)21-32/h5-13,20-21,25,27,29,33-34,39H,4,14-19,22-24H2,1-3H3,(H,38,42)/t27-,33+,34?/m1/s1. The minimum atomic E-state index is -0.222. The fourth-order valence-corrected chi connectivity index (χ4v) is 7.25. The van der Waals surface area contributed by atoms with Crippen LogP contribution in [0.3, 0.4) is 0 Å². The molecule has 0 saturated carbocycles. The van der Waals surface area contributed by atoms with Crippen molar-refractivity contribution >= 4 is 45.2 Å². The van der Waals surface area contributed by atoms with Crippen LogP contribution in [0.2, 0.25) is 0 Å². The molecule has 6 nitrogen and oxygen atoms in total. The SMILES string of the molecule is CC[C@H](CN1CC[C@@H](CNC(=O)c2ccc3cc(CI)ccc3c2)NC(C2CCN(C(C)C)CC2)C1=O)c1ccccc1. The summed E-state index contributed by atoms with van der Waals surface area (Å²) in [6, 6.07) is 23.3. The Morgan fingerprint density at radius 3 is 2.40 bits per heavy atom. The van der Waals surface area contributed by atoms with Crippen LogP contribution in [0.1, 0.15) is 73.9 Å². The second kappa shape index (κ2) is 15.0. The Hall–Kier alpha value is -2.49. The molecule has 2 aliphatic heterocycles. The van der Waals surface area contributed by atoms with Crippen molar-refractivity contribution in [3.63, 3.8) is 0 Å². The Morgan fingerprint density at radius 1 is 0.977 bits per heavy atom. The van der Waals surface area contributed by atoms with E-state index in [0.29, 0.717) is 36.5 Å². The summed E-state index contributed by atoms with van der Waals surface area (Å²) in [4.78, 5) is 32.1. The van der Waals surface area contributed by atoms with Crippen molar-refractivity contribution in [2.75, 3.05) is 32.7 Å². The van der Waals surface area contributed by atoms with Crippen molar-refractivity contribution < 1.29 is 9.59 Å². The van der Waals surface area contributed by atoms with Gasteiger partial charge in [0.1, 0.15) is 0 Å². The molecule has 1 unspecified atom stereocenters. The van der Waals surface area contributed by atoms with E-state index in [2.05, 4.69) is 112 Å². The van der Waals surface area contributed by atoms with Gasteiger partial charge in [-0.25, -0.2) is 0 Å². The molecule has 2 heterocycles. The maximum atomic E-state index is 14.2. The third-order valence-electron chi connectivity index (χ3n) is 9.55. The lowest BCUT2D eigenvalue weighted by Gasteiger charge is -2.39. The first-order chi connectivity index (χ1) is 20.9. The number of nitrogens with one attached hydrogen (secondary N) is 2. The van der Waals surface area contributed by atoms with Crippen LogP contribution in [0, 0.1) is 5.92 Å². The Kier molecular flexibility index (Phi) is 11.1. The number of alkyl halides is 1. The molecule has 43 heavy (non-hydrogen) atoms.